The van der Waals surface area contributed by atoms with Crippen LogP contribution in [0.1, 0.15) is 17.3 Å². The van der Waals surface area contributed by atoms with Crippen molar-refractivity contribution >= 4 is 50.4 Å². The van der Waals surface area contributed by atoms with E-state index in [1.165, 1.54) is 25.1 Å². The molecule has 94 valence electrons. The van der Waals surface area contributed by atoms with Gasteiger partial charge in [-0.15, -0.1) is 0 Å². The number of carbonyl (C=O) groups excluding carboxylic acids is 1. The van der Waals surface area contributed by atoms with Crippen LogP contribution in [0.3, 0.4) is 0 Å². The Morgan fingerprint density at radius 1 is 1.35 bits per heavy atom. The number of Topliss-reactive ketones (excluding diaryl/α,β-unsaturated/α-hetero) is 1. The summed E-state index contributed by atoms with van der Waals surface area (Å²) in [7, 11) is -3.92. The Labute approximate surface area is 115 Å². The Morgan fingerprint density at radius 3 is 2.41 bits per heavy atom. The molecule has 0 saturated carbocycles. The molecule has 0 bridgehead atoms. The van der Waals surface area contributed by atoms with Gasteiger partial charge in [-0.1, -0.05) is 53.9 Å². The lowest BCUT2D eigenvalue weighted by Gasteiger charge is -2.17. The number of ketones is 1. The second-order valence-electron chi connectivity index (χ2n) is 3.26. The fourth-order valence-electron chi connectivity index (χ4n) is 1.12. The van der Waals surface area contributed by atoms with Gasteiger partial charge in [0.15, 0.2) is 9.84 Å². The highest BCUT2D eigenvalue weighted by Crippen LogP contribution is 2.33. The normalized spacial score (nSPS) is 12.5. The zero-order valence-corrected chi connectivity index (χ0v) is 11.9. The van der Waals surface area contributed by atoms with Gasteiger partial charge in [0.2, 0.25) is 5.78 Å². The van der Waals surface area contributed by atoms with Crippen LogP contribution in [0.4, 0.5) is 0 Å². The molecule has 3 nitrogen and oxygen atoms in total. The second kappa shape index (κ2) is 5.14. The summed E-state index contributed by atoms with van der Waals surface area (Å²) in [4.78, 5) is 11.9. The minimum Gasteiger partial charge on any atom is -0.290 e. The van der Waals surface area contributed by atoms with Crippen LogP contribution >= 0.6 is 34.8 Å². The number of halogens is 3. The molecule has 0 amide bonds. The molecule has 1 aromatic rings. The minimum atomic E-state index is -3.92. The molecule has 0 aliphatic heterocycles. The Hall–Kier alpha value is -0.290. The molecule has 0 aliphatic rings. The predicted molar refractivity (Wildman–Crippen MR) is 69.7 cm³/mol. The first-order valence-corrected chi connectivity index (χ1v) is 7.41. The largest absolute Gasteiger partial charge is 0.290 e. The Kier molecular flexibility index (Phi) is 4.47. The Balaban J connectivity index is 3.23. The van der Waals surface area contributed by atoms with Gasteiger partial charge in [0.05, 0.1) is 5.75 Å². The number of hydrogen-bond acceptors (Lipinski definition) is 3. The molecule has 0 heterocycles. The van der Waals surface area contributed by atoms with Crippen LogP contribution in [-0.4, -0.2) is 23.6 Å². The van der Waals surface area contributed by atoms with E-state index in [-0.39, 0.29) is 11.3 Å². The van der Waals surface area contributed by atoms with Gasteiger partial charge in [-0.3, -0.25) is 4.79 Å². The zero-order chi connectivity index (χ0) is 13.3. The summed E-state index contributed by atoms with van der Waals surface area (Å²) >= 11 is 17.0. The van der Waals surface area contributed by atoms with Crippen molar-refractivity contribution in [1.82, 2.24) is 0 Å². The fourth-order valence-corrected chi connectivity index (χ4v) is 2.95. The standard InChI is InChI=1S/C10H9Cl3O3S/c1-2-17(15,16)10(12,13)9(14)7-4-3-5-8(11)6-7/h3-6H,2H2,1H3. The van der Waals surface area contributed by atoms with Crippen molar-refractivity contribution < 1.29 is 13.2 Å². The summed E-state index contributed by atoms with van der Waals surface area (Å²) in [6.07, 6.45) is 0. The number of sulfone groups is 1. The van der Waals surface area contributed by atoms with E-state index in [9.17, 15) is 13.2 Å². The zero-order valence-electron chi connectivity index (χ0n) is 8.78. The molecular formula is C10H9Cl3O3S. The van der Waals surface area contributed by atoms with Crippen LogP contribution in [0.15, 0.2) is 24.3 Å². The number of carbonyl (C=O) groups is 1. The maximum absolute atomic E-state index is 11.9. The van der Waals surface area contributed by atoms with Crippen molar-refractivity contribution in [1.29, 1.82) is 0 Å². The first-order valence-electron chi connectivity index (χ1n) is 4.63. The van der Waals surface area contributed by atoms with Crippen LogP contribution in [0.5, 0.6) is 0 Å². The van der Waals surface area contributed by atoms with Crippen LogP contribution in [0.25, 0.3) is 0 Å². The third-order valence-corrected chi connectivity index (χ3v) is 5.84. The first kappa shape index (κ1) is 14.8. The van der Waals surface area contributed by atoms with Crippen molar-refractivity contribution in [2.75, 3.05) is 5.75 Å². The minimum absolute atomic E-state index is 0.0551. The maximum atomic E-state index is 11.9. The Bertz CT molecular complexity index is 537. The summed E-state index contributed by atoms with van der Waals surface area (Å²) in [5.41, 5.74) is 0.0551. The number of hydrogen-bond donors (Lipinski definition) is 0. The van der Waals surface area contributed by atoms with Gasteiger partial charge in [-0.2, -0.15) is 0 Å². The lowest BCUT2D eigenvalue weighted by molar-refractivity contribution is 0.0996. The highest BCUT2D eigenvalue weighted by atomic mass is 35.5. The van der Waals surface area contributed by atoms with Crippen molar-refractivity contribution in [2.24, 2.45) is 0 Å². The fraction of sp³-hybridized carbons (Fsp3) is 0.300. The Morgan fingerprint density at radius 2 is 1.94 bits per heavy atom. The van der Waals surface area contributed by atoms with E-state index < -0.39 is 19.3 Å². The molecule has 0 saturated heterocycles. The smallest absolute Gasteiger partial charge is 0.280 e. The summed E-state index contributed by atoms with van der Waals surface area (Å²) in [5, 5.41) is 0.300. The van der Waals surface area contributed by atoms with Crippen molar-refractivity contribution in [3.05, 3.63) is 34.9 Å². The maximum Gasteiger partial charge on any atom is 0.280 e. The third kappa shape index (κ3) is 2.94. The number of rotatable bonds is 4. The van der Waals surface area contributed by atoms with E-state index in [4.69, 9.17) is 34.8 Å². The van der Waals surface area contributed by atoms with Crippen molar-refractivity contribution in [3.63, 3.8) is 0 Å². The molecule has 0 radical (unpaired) electrons. The second-order valence-corrected chi connectivity index (χ2v) is 7.89. The van der Waals surface area contributed by atoms with E-state index in [1.807, 2.05) is 0 Å². The third-order valence-electron chi connectivity index (χ3n) is 2.12. The van der Waals surface area contributed by atoms with Crippen LogP contribution in [0.2, 0.25) is 5.02 Å². The van der Waals surface area contributed by atoms with Crippen LogP contribution in [0, 0.1) is 0 Å². The molecule has 0 aliphatic carbocycles. The van der Waals surface area contributed by atoms with E-state index in [0.29, 0.717) is 5.02 Å². The number of benzene rings is 1. The highest BCUT2D eigenvalue weighted by Gasteiger charge is 2.46. The summed E-state index contributed by atoms with van der Waals surface area (Å²) in [6, 6.07) is 5.78. The molecule has 1 rings (SSSR count). The van der Waals surface area contributed by atoms with E-state index in [0.717, 1.165) is 0 Å². The van der Waals surface area contributed by atoms with Gasteiger partial charge in [0.25, 0.3) is 3.67 Å². The monoisotopic (exact) mass is 314 g/mol. The van der Waals surface area contributed by atoms with E-state index in [2.05, 4.69) is 0 Å². The van der Waals surface area contributed by atoms with Gasteiger partial charge in [0.1, 0.15) is 0 Å². The van der Waals surface area contributed by atoms with Crippen molar-refractivity contribution in [3.8, 4) is 0 Å². The molecule has 0 unspecified atom stereocenters. The topological polar surface area (TPSA) is 51.2 Å². The molecule has 17 heavy (non-hydrogen) atoms. The van der Waals surface area contributed by atoms with Crippen LogP contribution in [-0.2, 0) is 9.84 Å². The lowest BCUT2D eigenvalue weighted by Crippen LogP contribution is -2.36. The molecule has 7 heteroatoms. The van der Waals surface area contributed by atoms with Gasteiger partial charge in [0, 0.05) is 10.6 Å². The molecule has 0 aromatic heterocycles. The molecule has 1 aromatic carbocycles. The number of alkyl halides is 2. The quantitative estimate of drug-likeness (QED) is 0.634. The molecule has 0 atom stereocenters. The van der Waals surface area contributed by atoms with E-state index >= 15 is 0 Å². The molecule has 0 fully saturated rings. The first-order chi connectivity index (χ1) is 7.72. The van der Waals surface area contributed by atoms with Gasteiger partial charge in [-0.25, -0.2) is 8.42 Å². The predicted octanol–water partition coefficient (Wildman–Crippen LogP) is 3.09. The lowest BCUT2D eigenvalue weighted by atomic mass is 10.1. The summed E-state index contributed by atoms with van der Waals surface area (Å²) in [5.74, 6) is -1.23. The average Bonchev–Trinajstić information content (AvgIpc) is 2.27. The highest BCUT2D eigenvalue weighted by molar-refractivity contribution is 7.96. The van der Waals surface area contributed by atoms with Gasteiger partial charge < -0.3 is 0 Å². The summed E-state index contributed by atoms with van der Waals surface area (Å²) in [6.45, 7) is 1.36. The summed E-state index contributed by atoms with van der Waals surface area (Å²) < 4.78 is 20.7. The van der Waals surface area contributed by atoms with Crippen LogP contribution < -0.4 is 0 Å². The van der Waals surface area contributed by atoms with Crippen molar-refractivity contribution in [2.45, 2.75) is 10.6 Å². The molecule has 0 N–H and O–H groups in total. The van der Waals surface area contributed by atoms with Gasteiger partial charge in [-0.05, 0) is 12.1 Å². The SMILES string of the molecule is CCS(=O)(=O)C(Cl)(Cl)C(=O)c1cccc(Cl)c1. The molecular weight excluding hydrogens is 307 g/mol. The molecule has 0 spiro atoms. The average molecular weight is 316 g/mol. The van der Waals surface area contributed by atoms with Gasteiger partial charge >= 0.3 is 0 Å². The van der Waals surface area contributed by atoms with E-state index in [1.54, 1.807) is 6.07 Å².